The molecule has 110 valence electrons. The van der Waals surface area contributed by atoms with Crippen LogP contribution in [0.15, 0.2) is 35.4 Å². The Morgan fingerprint density at radius 2 is 2.05 bits per heavy atom. The molecule has 0 aliphatic heterocycles. The Kier molecular flexibility index (Phi) is 5.22. The number of hydrazone groups is 1. The van der Waals surface area contributed by atoms with Crippen molar-refractivity contribution in [3.8, 4) is 5.75 Å². The van der Waals surface area contributed by atoms with Gasteiger partial charge in [0.05, 0.1) is 27.6 Å². The Bertz CT molecular complexity index is 698. The first-order valence-corrected chi connectivity index (χ1v) is 7.52. The molecule has 7 heteroatoms. The molecule has 0 unspecified atom stereocenters. The predicted molar refractivity (Wildman–Crippen MR) is 87.0 cm³/mol. The van der Waals surface area contributed by atoms with Crippen LogP contribution in [-0.2, 0) is 0 Å². The van der Waals surface area contributed by atoms with Gasteiger partial charge in [0.25, 0.3) is 5.91 Å². The van der Waals surface area contributed by atoms with Gasteiger partial charge in [-0.1, -0.05) is 23.2 Å². The summed E-state index contributed by atoms with van der Waals surface area (Å²) in [4.78, 5) is 13.0. The third kappa shape index (κ3) is 3.97. The van der Waals surface area contributed by atoms with Crippen molar-refractivity contribution >= 4 is 46.2 Å². The first-order chi connectivity index (χ1) is 10.0. The minimum atomic E-state index is -0.392. The summed E-state index contributed by atoms with van der Waals surface area (Å²) in [5.41, 5.74) is 3.47. The van der Waals surface area contributed by atoms with Crippen LogP contribution in [0.2, 0.25) is 9.36 Å². The highest BCUT2D eigenvalue weighted by Gasteiger charge is 2.12. The summed E-state index contributed by atoms with van der Waals surface area (Å²) in [6.45, 7) is 1.79. The maximum atomic E-state index is 12.1. The number of hydrogen-bond donors (Lipinski definition) is 1. The molecule has 0 bridgehead atoms. The number of ether oxygens (including phenoxy) is 1. The van der Waals surface area contributed by atoms with E-state index in [1.165, 1.54) is 24.5 Å². The number of amides is 1. The van der Waals surface area contributed by atoms with Crippen molar-refractivity contribution in [1.29, 1.82) is 0 Å². The van der Waals surface area contributed by atoms with E-state index in [0.29, 0.717) is 26.4 Å². The van der Waals surface area contributed by atoms with E-state index < -0.39 is 5.91 Å². The van der Waals surface area contributed by atoms with Gasteiger partial charge in [-0.3, -0.25) is 4.79 Å². The number of halogens is 2. The lowest BCUT2D eigenvalue weighted by molar-refractivity contribution is 0.0952. The molecule has 0 spiro atoms. The van der Waals surface area contributed by atoms with Crippen molar-refractivity contribution in [2.45, 2.75) is 6.92 Å². The van der Waals surface area contributed by atoms with E-state index in [2.05, 4.69) is 10.5 Å². The van der Waals surface area contributed by atoms with Crippen molar-refractivity contribution in [1.82, 2.24) is 5.43 Å². The number of methoxy groups -OCH3 is 1. The van der Waals surface area contributed by atoms with E-state index in [4.69, 9.17) is 27.9 Å². The SMILES string of the molecule is COc1ccc(Cl)cc1C(=O)N/N=C(\C)c1ccc(Cl)s1. The van der Waals surface area contributed by atoms with Crippen molar-refractivity contribution < 1.29 is 9.53 Å². The van der Waals surface area contributed by atoms with Crippen LogP contribution >= 0.6 is 34.5 Å². The third-order valence-electron chi connectivity index (χ3n) is 2.66. The second-order valence-corrected chi connectivity index (χ2v) is 6.24. The molecule has 1 aromatic carbocycles. The zero-order chi connectivity index (χ0) is 15.4. The van der Waals surface area contributed by atoms with Crippen LogP contribution in [0, 0.1) is 0 Å². The maximum Gasteiger partial charge on any atom is 0.275 e. The van der Waals surface area contributed by atoms with Gasteiger partial charge in [0, 0.05) is 5.02 Å². The number of carbonyl (C=O) groups is 1. The van der Waals surface area contributed by atoms with E-state index in [0.717, 1.165) is 4.88 Å². The molecule has 0 aliphatic carbocycles. The number of benzene rings is 1. The highest BCUT2D eigenvalue weighted by molar-refractivity contribution is 7.18. The van der Waals surface area contributed by atoms with Crippen LogP contribution < -0.4 is 10.2 Å². The normalized spacial score (nSPS) is 11.3. The lowest BCUT2D eigenvalue weighted by Crippen LogP contribution is -2.19. The fourth-order valence-corrected chi connectivity index (χ4v) is 2.78. The molecular weight excluding hydrogens is 331 g/mol. The molecule has 1 amide bonds. The topological polar surface area (TPSA) is 50.7 Å². The molecule has 1 aromatic heterocycles. The fourth-order valence-electron chi connectivity index (χ4n) is 1.62. The Morgan fingerprint density at radius 3 is 2.67 bits per heavy atom. The molecule has 1 heterocycles. The molecule has 1 N–H and O–H groups in total. The number of nitrogens with one attached hydrogen (secondary N) is 1. The van der Waals surface area contributed by atoms with Gasteiger partial charge in [-0.05, 0) is 37.3 Å². The maximum absolute atomic E-state index is 12.1. The lowest BCUT2D eigenvalue weighted by atomic mass is 10.2. The summed E-state index contributed by atoms with van der Waals surface area (Å²) in [5, 5.41) is 4.51. The minimum absolute atomic E-state index is 0.325. The average Bonchev–Trinajstić information content (AvgIpc) is 2.91. The Balaban J connectivity index is 2.17. The Labute approximate surface area is 136 Å². The molecule has 0 saturated heterocycles. The zero-order valence-corrected chi connectivity index (χ0v) is 13.6. The largest absolute Gasteiger partial charge is 0.496 e. The van der Waals surface area contributed by atoms with E-state index in [-0.39, 0.29) is 0 Å². The molecule has 2 rings (SSSR count). The number of carbonyl (C=O) groups excluding carboxylic acids is 1. The van der Waals surface area contributed by atoms with Gasteiger partial charge in [0.1, 0.15) is 5.75 Å². The van der Waals surface area contributed by atoms with Crippen LogP contribution in [0.4, 0.5) is 0 Å². The van der Waals surface area contributed by atoms with Crippen molar-refractivity contribution in [2.75, 3.05) is 7.11 Å². The van der Waals surface area contributed by atoms with Crippen LogP contribution in [-0.4, -0.2) is 18.7 Å². The van der Waals surface area contributed by atoms with Gasteiger partial charge in [-0.25, -0.2) is 5.43 Å². The number of hydrogen-bond acceptors (Lipinski definition) is 4. The van der Waals surface area contributed by atoms with Gasteiger partial charge in [0.15, 0.2) is 0 Å². The minimum Gasteiger partial charge on any atom is -0.496 e. The van der Waals surface area contributed by atoms with Crippen molar-refractivity contribution in [3.05, 3.63) is 50.1 Å². The molecule has 0 atom stereocenters. The summed E-state index contributed by atoms with van der Waals surface area (Å²) in [7, 11) is 1.49. The molecule has 2 aromatic rings. The number of thiophene rings is 1. The first kappa shape index (κ1) is 15.8. The second kappa shape index (κ2) is 6.93. The number of rotatable bonds is 4. The van der Waals surface area contributed by atoms with Gasteiger partial charge in [-0.2, -0.15) is 5.10 Å². The summed E-state index contributed by atoms with van der Waals surface area (Å²) < 4.78 is 5.80. The molecule has 0 aliphatic rings. The standard InChI is InChI=1S/C14H12Cl2N2O2S/c1-8(12-5-6-13(16)21-12)17-18-14(19)10-7-9(15)3-4-11(10)20-2/h3-7H,1-2H3,(H,18,19)/b17-8+. The molecule has 0 radical (unpaired) electrons. The smallest absolute Gasteiger partial charge is 0.275 e. The van der Waals surface area contributed by atoms with E-state index in [1.54, 1.807) is 25.1 Å². The Hall–Kier alpha value is -1.56. The van der Waals surface area contributed by atoms with Gasteiger partial charge in [0.2, 0.25) is 0 Å². The summed E-state index contributed by atoms with van der Waals surface area (Å²) in [6.07, 6.45) is 0. The Morgan fingerprint density at radius 1 is 1.29 bits per heavy atom. The third-order valence-corrected chi connectivity index (χ3v) is 4.24. The van der Waals surface area contributed by atoms with Crippen LogP contribution in [0.5, 0.6) is 5.75 Å². The van der Waals surface area contributed by atoms with E-state index >= 15 is 0 Å². The molecule has 4 nitrogen and oxygen atoms in total. The molecule has 0 fully saturated rings. The van der Waals surface area contributed by atoms with Crippen LogP contribution in [0.25, 0.3) is 0 Å². The summed E-state index contributed by atoms with van der Waals surface area (Å²) in [5.74, 6) is 0.0419. The fraction of sp³-hybridized carbons (Fsp3) is 0.143. The lowest BCUT2D eigenvalue weighted by Gasteiger charge is -2.07. The summed E-state index contributed by atoms with van der Waals surface area (Å²) >= 11 is 13.2. The zero-order valence-electron chi connectivity index (χ0n) is 11.3. The second-order valence-electron chi connectivity index (χ2n) is 4.09. The predicted octanol–water partition coefficient (Wildman–Crippen LogP) is 4.22. The summed E-state index contributed by atoms with van der Waals surface area (Å²) in [6, 6.07) is 8.44. The average molecular weight is 343 g/mol. The molecule has 0 saturated carbocycles. The van der Waals surface area contributed by atoms with Crippen LogP contribution in [0.3, 0.4) is 0 Å². The van der Waals surface area contributed by atoms with Crippen molar-refractivity contribution in [3.63, 3.8) is 0 Å². The first-order valence-electron chi connectivity index (χ1n) is 5.95. The quantitative estimate of drug-likeness (QED) is 0.668. The van der Waals surface area contributed by atoms with Gasteiger partial charge in [-0.15, -0.1) is 11.3 Å². The van der Waals surface area contributed by atoms with Crippen molar-refractivity contribution in [2.24, 2.45) is 5.10 Å². The highest BCUT2D eigenvalue weighted by Crippen LogP contribution is 2.23. The number of nitrogens with zero attached hydrogens (tertiary/aromatic N) is 1. The molecular formula is C14H12Cl2N2O2S. The molecule has 21 heavy (non-hydrogen) atoms. The van der Waals surface area contributed by atoms with Gasteiger partial charge >= 0.3 is 0 Å². The van der Waals surface area contributed by atoms with Crippen LogP contribution in [0.1, 0.15) is 22.2 Å². The van der Waals surface area contributed by atoms with Gasteiger partial charge < -0.3 is 4.74 Å². The van der Waals surface area contributed by atoms with E-state index in [1.807, 2.05) is 6.07 Å². The highest BCUT2D eigenvalue weighted by atomic mass is 35.5. The monoisotopic (exact) mass is 342 g/mol. The van der Waals surface area contributed by atoms with E-state index in [9.17, 15) is 4.79 Å².